The predicted molar refractivity (Wildman–Crippen MR) is 76.1 cm³/mol. The van der Waals surface area contributed by atoms with Crippen LogP contribution in [0.25, 0.3) is 0 Å². The molecular formula is C15H16BrN. The number of benzene rings is 2. The van der Waals surface area contributed by atoms with Gasteiger partial charge in [0.1, 0.15) is 0 Å². The first-order valence-electron chi connectivity index (χ1n) is 5.77. The first kappa shape index (κ1) is 12.3. The number of hydrogen-bond donors (Lipinski definition) is 1. The van der Waals surface area contributed by atoms with Crippen LogP contribution in [0, 0.1) is 0 Å². The van der Waals surface area contributed by atoms with E-state index in [0.717, 1.165) is 6.42 Å². The molecule has 2 heteroatoms. The van der Waals surface area contributed by atoms with E-state index in [0.29, 0.717) is 6.04 Å². The molecule has 2 aromatic rings. The van der Waals surface area contributed by atoms with Crippen LogP contribution in [0.5, 0.6) is 0 Å². The van der Waals surface area contributed by atoms with Gasteiger partial charge in [0, 0.05) is 10.5 Å². The molecular weight excluding hydrogens is 274 g/mol. The van der Waals surface area contributed by atoms with Gasteiger partial charge in [-0.3, -0.25) is 0 Å². The second kappa shape index (κ2) is 5.99. The fraction of sp³-hybridized carbons (Fsp3) is 0.200. The molecule has 88 valence electrons. The molecule has 2 rings (SSSR count). The Labute approximate surface area is 111 Å². The lowest BCUT2D eigenvalue weighted by Crippen LogP contribution is -2.18. The van der Waals surface area contributed by atoms with Crippen LogP contribution >= 0.6 is 15.9 Å². The van der Waals surface area contributed by atoms with E-state index in [2.05, 4.69) is 69.8 Å². The number of halogens is 1. The molecule has 1 N–H and O–H groups in total. The summed E-state index contributed by atoms with van der Waals surface area (Å²) in [7, 11) is 2.01. The Balaban J connectivity index is 2.19. The zero-order valence-corrected chi connectivity index (χ0v) is 11.4. The summed E-state index contributed by atoms with van der Waals surface area (Å²) in [6, 6.07) is 19.3. The third-order valence-corrected chi connectivity index (χ3v) is 3.71. The summed E-state index contributed by atoms with van der Waals surface area (Å²) < 4.78 is 1.18. The third kappa shape index (κ3) is 3.18. The highest BCUT2D eigenvalue weighted by atomic mass is 79.9. The summed E-state index contributed by atoms with van der Waals surface area (Å²) in [5.74, 6) is 0. The van der Waals surface area contributed by atoms with Crippen LogP contribution in [0.3, 0.4) is 0 Å². The van der Waals surface area contributed by atoms with E-state index >= 15 is 0 Å². The van der Waals surface area contributed by atoms with Gasteiger partial charge in [0.2, 0.25) is 0 Å². The van der Waals surface area contributed by atoms with Crippen molar-refractivity contribution in [2.24, 2.45) is 0 Å². The molecule has 0 radical (unpaired) electrons. The van der Waals surface area contributed by atoms with E-state index in [1.807, 2.05) is 13.1 Å². The Morgan fingerprint density at radius 1 is 1.00 bits per heavy atom. The molecule has 0 aromatic heterocycles. The van der Waals surface area contributed by atoms with E-state index in [1.54, 1.807) is 0 Å². The van der Waals surface area contributed by atoms with Crippen molar-refractivity contribution >= 4 is 15.9 Å². The lowest BCUT2D eigenvalue weighted by molar-refractivity contribution is 0.591. The molecule has 0 spiro atoms. The number of likely N-dealkylation sites (N-methyl/N-ethyl adjacent to an activating group) is 1. The molecule has 1 unspecified atom stereocenters. The Morgan fingerprint density at radius 2 is 1.65 bits per heavy atom. The van der Waals surface area contributed by atoms with Crippen molar-refractivity contribution in [3.63, 3.8) is 0 Å². The van der Waals surface area contributed by atoms with Crippen molar-refractivity contribution < 1.29 is 0 Å². The molecule has 0 aliphatic heterocycles. The Bertz CT molecular complexity index is 467. The summed E-state index contributed by atoms with van der Waals surface area (Å²) in [5.41, 5.74) is 2.65. The van der Waals surface area contributed by atoms with Crippen LogP contribution in [-0.4, -0.2) is 7.05 Å². The van der Waals surface area contributed by atoms with Crippen LogP contribution in [0.4, 0.5) is 0 Å². The summed E-state index contributed by atoms with van der Waals surface area (Å²) in [6.45, 7) is 0. The van der Waals surface area contributed by atoms with Crippen molar-refractivity contribution in [1.82, 2.24) is 5.32 Å². The maximum atomic E-state index is 3.60. The minimum atomic E-state index is 0.356. The normalized spacial score (nSPS) is 12.4. The molecule has 1 nitrogen and oxygen atoms in total. The van der Waals surface area contributed by atoms with E-state index in [-0.39, 0.29) is 0 Å². The van der Waals surface area contributed by atoms with Gasteiger partial charge >= 0.3 is 0 Å². The molecule has 2 aromatic carbocycles. The van der Waals surface area contributed by atoms with Gasteiger partial charge in [0.05, 0.1) is 0 Å². The molecule has 0 saturated heterocycles. The van der Waals surface area contributed by atoms with Crippen LogP contribution in [0.15, 0.2) is 59.1 Å². The minimum absolute atomic E-state index is 0.356. The Kier molecular flexibility index (Phi) is 4.35. The SMILES string of the molecule is CNC(Cc1ccccc1Br)c1ccccc1. The quantitative estimate of drug-likeness (QED) is 0.899. The van der Waals surface area contributed by atoms with Crippen molar-refractivity contribution in [3.8, 4) is 0 Å². The molecule has 0 aliphatic rings. The minimum Gasteiger partial charge on any atom is -0.313 e. The van der Waals surface area contributed by atoms with E-state index in [4.69, 9.17) is 0 Å². The van der Waals surface area contributed by atoms with Gasteiger partial charge in [-0.25, -0.2) is 0 Å². The fourth-order valence-electron chi connectivity index (χ4n) is 1.96. The summed E-state index contributed by atoms with van der Waals surface area (Å²) in [5, 5.41) is 3.37. The lowest BCUT2D eigenvalue weighted by atomic mass is 9.99. The maximum Gasteiger partial charge on any atom is 0.0358 e. The zero-order chi connectivity index (χ0) is 12.1. The molecule has 0 fully saturated rings. The van der Waals surface area contributed by atoms with Crippen molar-refractivity contribution in [1.29, 1.82) is 0 Å². The third-order valence-electron chi connectivity index (χ3n) is 2.93. The van der Waals surface area contributed by atoms with Gasteiger partial charge < -0.3 is 5.32 Å². The first-order chi connectivity index (χ1) is 8.31. The molecule has 0 saturated carbocycles. The fourth-order valence-corrected chi connectivity index (χ4v) is 2.40. The largest absolute Gasteiger partial charge is 0.313 e. The second-order valence-electron chi connectivity index (χ2n) is 4.05. The highest BCUT2D eigenvalue weighted by molar-refractivity contribution is 9.10. The van der Waals surface area contributed by atoms with E-state index < -0.39 is 0 Å². The van der Waals surface area contributed by atoms with Crippen molar-refractivity contribution in [2.75, 3.05) is 7.05 Å². The number of nitrogens with one attached hydrogen (secondary N) is 1. The highest BCUT2D eigenvalue weighted by Gasteiger charge is 2.10. The average molecular weight is 290 g/mol. The standard InChI is InChI=1S/C15H16BrN/c1-17-15(12-7-3-2-4-8-12)11-13-9-5-6-10-14(13)16/h2-10,15,17H,11H2,1H3. The second-order valence-corrected chi connectivity index (χ2v) is 4.90. The maximum absolute atomic E-state index is 3.60. The lowest BCUT2D eigenvalue weighted by Gasteiger charge is -2.17. The van der Waals surface area contributed by atoms with Crippen molar-refractivity contribution in [3.05, 3.63) is 70.2 Å². The predicted octanol–water partition coefficient (Wildman–Crippen LogP) is 3.95. The molecule has 1 atom stereocenters. The van der Waals surface area contributed by atoms with Crippen molar-refractivity contribution in [2.45, 2.75) is 12.5 Å². The van der Waals surface area contributed by atoms with Crippen LogP contribution < -0.4 is 5.32 Å². The van der Waals surface area contributed by atoms with Gasteiger partial charge in [-0.05, 0) is 30.7 Å². The Morgan fingerprint density at radius 3 is 2.29 bits per heavy atom. The molecule has 0 amide bonds. The summed E-state index contributed by atoms with van der Waals surface area (Å²) in [6.07, 6.45) is 0.988. The van der Waals surface area contributed by atoms with Gasteiger partial charge in [-0.1, -0.05) is 64.5 Å². The molecule has 0 aliphatic carbocycles. The van der Waals surface area contributed by atoms with Gasteiger partial charge in [0.15, 0.2) is 0 Å². The van der Waals surface area contributed by atoms with Gasteiger partial charge in [-0.2, -0.15) is 0 Å². The van der Waals surface area contributed by atoms with Crippen LogP contribution in [0.2, 0.25) is 0 Å². The molecule has 17 heavy (non-hydrogen) atoms. The average Bonchev–Trinajstić information content (AvgIpc) is 2.39. The molecule has 0 heterocycles. The highest BCUT2D eigenvalue weighted by Crippen LogP contribution is 2.23. The number of rotatable bonds is 4. The molecule has 0 bridgehead atoms. The first-order valence-corrected chi connectivity index (χ1v) is 6.56. The summed E-state index contributed by atoms with van der Waals surface area (Å²) in [4.78, 5) is 0. The van der Waals surface area contributed by atoms with E-state index in [9.17, 15) is 0 Å². The van der Waals surface area contributed by atoms with Gasteiger partial charge in [-0.15, -0.1) is 0 Å². The summed E-state index contributed by atoms with van der Waals surface area (Å²) >= 11 is 3.60. The number of hydrogen-bond acceptors (Lipinski definition) is 1. The van der Waals surface area contributed by atoms with Crippen LogP contribution in [-0.2, 0) is 6.42 Å². The topological polar surface area (TPSA) is 12.0 Å². The monoisotopic (exact) mass is 289 g/mol. The van der Waals surface area contributed by atoms with Crippen LogP contribution in [0.1, 0.15) is 17.2 Å². The zero-order valence-electron chi connectivity index (χ0n) is 9.86. The Hall–Kier alpha value is -1.12. The smallest absolute Gasteiger partial charge is 0.0358 e. The van der Waals surface area contributed by atoms with E-state index in [1.165, 1.54) is 15.6 Å². The van der Waals surface area contributed by atoms with Gasteiger partial charge in [0.25, 0.3) is 0 Å².